The van der Waals surface area contributed by atoms with Crippen molar-refractivity contribution in [3.63, 3.8) is 0 Å². The van der Waals surface area contributed by atoms with Gasteiger partial charge in [-0.2, -0.15) is 0 Å². The zero-order chi connectivity index (χ0) is 19.0. The Morgan fingerprint density at radius 3 is 2.52 bits per heavy atom. The van der Waals surface area contributed by atoms with Crippen LogP contribution in [0.2, 0.25) is 0 Å². The summed E-state index contributed by atoms with van der Waals surface area (Å²) in [7, 11) is 2.13. The predicted molar refractivity (Wildman–Crippen MR) is 111 cm³/mol. The largest absolute Gasteiger partial charge is 0.334 e. The Morgan fingerprint density at radius 2 is 1.89 bits per heavy atom. The minimum Gasteiger partial charge on any atom is -0.334 e. The maximum absolute atomic E-state index is 13.4. The molecular weight excluding hydrogens is 376 g/mol. The fourth-order valence-corrected chi connectivity index (χ4v) is 5.87. The molecule has 0 radical (unpaired) electrons. The first-order valence-corrected chi connectivity index (χ1v) is 11.4. The number of rotatable bonds is 4. The van der Waals surface area contributed by atoms with Gasteiger partial charge in [0.2, 0.25) is 5.91 Å². The third-order valence-corrected chi connectivity index (χ3v) is 7.81. The molecule has 4 rings (SSSR count). The highest BCUT2D eigenvalue weighted by atomic mass is 32.1. The van der Waals surface area contributed by atoms with E-state index in [-0.39, 0.29) is 5.54 Å². The molecule has 0 aromatic carbocycles. The van der Waals surface area contributed by atoms with Gasteiger partial charge in [0.1, 0.15) is 5.54 Å². The summed E-state index contributed by atoms with van der Waals surface area (Å²) in [4.78, 5) is 27.6. The lowest BCUT2D eigenvalue weighted by atomic mass is 9.82. The van der Waals surface area contributed by atoms with Crippen LogP contribution in [0.5, 0.6) is 0 Å². The number of amides is 1. The molecule has 2 aliphatic heterocycles. The van der Waals surface area contributed by atoms with E-state index in [2.05, 4.69) is 46.3 Å². The molecule has 0 unspecified atom stereocenters. The van der Waals surface area contributed by atoms with Crippen LogP contribution in [-0.2, 0) is 17.9 Å². The Morgan fingerprint density at radius 1 is 1.11 bits per heavy atom. The number of aromatic nitrogens is 1. The molecule has 146 valence electrons. The fraction of sp³-hybridized carbons (Fsp3) is 0.600. The molecule has 2 saturated heterocycles. The zero-order valence-electron chi connectivity index (χ0n) is 16.4. The van der Waals surface area contributed by atoms with Gasteiger partial charge in [-0.15, -0.1) is 22.7 Å². The summed E-state index contributed by atoms with van der Waals surface area (Å²) >= 11 is 3.54. The topological polar surface area (TPSA) is 39.7 Å². The third-order valence-electron chi connectivity index (χ3n) is 6.00. The first kappa shape index (κ1) is 19.1. The number of likely N-dealkylation sites (tertiary alicyclic amines) is 1. The van der Waals surface area contributed by atoms with Crippen LogP contribution in [0.3, 0.4) is 0 Å². The Kier molecular flexibility index (Phi) is 5.38. The SMILES string of the molecule is Cc1ccc(CN2CCC3(CC2)C(=O)N(Cc2csc(C)n2)CCN3C)s1. The normalized spacial score (nSPS) is 21.3. The molecule has 27 heavy (non-hydrogen) atoms. The van der Waals surface area contributed by atoms with Gasteiger partial charge in [-0.1, -0.05) is 0 Å². The molecule has 2 aromatic rings. The van der Waals surface area contributed by atoms with Gasteiger partial charge in [0.25, 0.3) is 0 Å². The molecule has 0 aliphatic carbocycles. The lowest BCUT2D eigenvalue weighted by molar-refractivity contribution is -0.155. The van der Waals surface area contributed by atoms with Crippen molar-refractivity contribution in [2.75, 3.05) is 33.2 Å². The van der Waals surface area contributed by atoms with Crippen LogP contribution in [0.4, 0.5) is 0 Å². The van der Waals surface area contributed by atoms with Gasteiger partial charge in [-0.05, 0) is 45.9 Å². The molecule has 2 aliphatic rings. The van der Waals surface area contributed by atoms with Gasteiger partial charge in [0.05, 0.1) is 17.2 Å². The van der Waals surface area contributed by atoms with Gasteiger partial charge in [0.15, 0.2) is 0 Å². The summed E-state index contributed by atoms with van der Waals surface area (Å²) < 4.78 is 0. The van der Waals surface area contributed by atoms with Crippen molar-refractivity contribution in [3.8, 4) is 0 Å². The standard InChI is InChI=1S/C20H28N4OS2/c1-15-4-5-18(27-15)13-23-8-6-20(7-9-23)19(25)24(11-10-22(20)3)12-17-14-26-16(2)21-17/h4-5,14H,6-13H2,1-3H3. The van der Waals surface area contributed by atoms with Crippen molar-refractivity contribution in [2.24, 2.45) is 0 Å². The van der Waals surface area contributed by atoms with Crippen LogP contribution in [0, 0.1) is 13.8 Å². The number of hydrogen-bond acceptors (Lipinski definition) is 6. The highest BCUT2D eigenvalue weighted by Gasteiger charge is 2.49. The average molecular weight is 405 g/mol. The molecule has 5 nitrogen and oxygen atoms in total. The Labute approximate surface area is 169 Å². The summed E-state index contributed by atoms with van der Waals surface area (Å²) in [5, 5.41) is 3.15. The van der Waals surface area contributed by atoms with E-state index in [4.69, 9.17) is 0 Å². The number of piperidine rings is 1. The summed E-state index contributed by atoms with van der Waals surface area (Å²) in [6.07, 6.45) is 1.83. The van der Waals surface area contributed by atoms with Crippen LogP contribution in [0.25, 0.3) is 0 Å². The lowest BCUT2D eigenvalue weighted by Crippen LogP contribution is -2.67. The van der Waals surface area contributed by atoms with E-state index in [1.54, 1.807) is 11.3 Å². The summed E-state index contributed by atoms with van der Waals surface area (Å²) in [5.74, 6) is 0.300. The number of piperazine rings is 1. The number of likely N-dealkylation sites (N-methyl/N-ethyl adjacent to an activating group) is 1. The molecule has 1 amide bonds. The summed E-state index contributed by atoms with van der Waals surface area (Å²) in [6.45, 7) is 9.54. The van der Waals surface area contributed by atoms with Crippen molar-refractivity contribution < 1.29 is 4.79 Å². The molecule has 4 heterocycles. The molecule has 0 atom stereocenters. The second kappa shape index (κ2) is 7.62. The smallest absolute Gasteiger partial charge is 0.243 e. The molecular formula is C20H28N4OS2. The maximum atomic E-state index is 13.4. The van der Waals surface area contributed by atoms with Gasteiger partial charge in [-0.25, -0.2) is 4.98 Å². The highest BCUT2D eigenvalue weighted by molar-refractivity contribution is 7.11. The minimum absolute atomic E-state index is 0.300. The Hall–Kier alpha value is -1.28. The van der Waals surface area contributed by atoms with Crippen molar-refractivity contribution in [1.82, 2.24) is 19.7 Å². The van der Waals surface area contributed by atoms with Crippen LogP contribution < -0.4 is 0 Å². The molecule has 2 fully saturated rings. The number of thiazole rings is 1. The second-order valence-electron chi connectivity index (χ2n) is 7.83. The van der Waals surface area contributed by atoms with Crippen LogP contribution >= 0.6 is 22.7 Å². The highest BCUT2D eigenvalue weighted by Crippen LogP contribution is 2.34. The molecule has 1 spiro atoms. The first-order chi connectivity index (χ1) is 13.0. The predicted octanol–water partition coefficient (Wildman–Crippen LogP) is 3.13. The van der Waals surface area contributed by atoms with E-state index in [0.717, 1.165) is 56.3 Å². The monoisotopic (exact) mass is 404 g/mol. The molecule has 7 heteroatoms. The van der Waals surface area contributed by atoms with E-state index in [9.17, 15) is 4.79 Å². The Balaban J connectivity index is 1.42. The minimum atomic E-state index is -0.328. The maximum Gasteiger partial charge on any atom is 0.243 e. The van der Waals surface area contributed by atoms with Crippen LogP contribution in [0.15, 0.2) is 17.5 Å². The number of aryl methyl sites for hydroxylation is 2. The van der Waals surface area contributed by atoms with Crippen molar-refractivity contribution >= 4 is 28.6 Å². The van der Waals surface area contributed by atoms with Crippen molar-refractivity contribution in [1.29, 1.82) is 0 Å². The average Bonchev–Trinajstić information content (AvgIpc) is 3.25. The second-order valence-corrected chi connectivity index (χ2v) is 10.3. The molecule has 2 aromatic heterocycles. The van der Waals surface area contributed by atoms with E-state index in [1.807, 2.05) is 23.2 Å². The number of hydrogen-bond donors (Lipinski definition) is 0. The molecule has 0 saturated carbocycles. The van der Waals surface area contributed by atoms with Crippen LogP contribution in [0.1, 0.15) is 33.3 Å². The van der Waals surface area contributed by atoms with E-state index < -0.39 is 0 Å². The number of carbonyl (C=O) groups excluding carboxylic acids is 1. The lowest BCUT2D eigenvalue weighted by Gasteiger charge is -2.51. The van der Waals surface area contributed by atoms with Gasteiger partial charge < -0.3 is 4.90 Å². The number of nitrogens with zero attached hydrogens (tertiary/aromatic N) is 4. The van der Waals surface area contributed by atoms with E-state index >= 15 is 0 Å². The van der Waals surface area contributed by atoms with Gasteiger partial charge in [0, 0.05) is 47.9 Å². The Bertz CT molecular complexity index is 807. The van der Waals surface area contributed by atoms with E-state index in [1.165, 1.54) is 9.75 Å². The molecule has 0 N–H and O–H groups in total. The van der Waals surface area contributed by atoms with Crippen molar-refractivity contribution in [2.45, 2.75) is 45.3 Å². The van der Waals surface area contributed by atoms with Gasteiger partial charge in [-0.3, -0.25) is 14.6 Å². The zero-order valence-corrected chi connectivity index (χ0v) is 18.0. The van der Waals surface area contributed by atoms with E-state index in [0.29, 0.717) is 12.5 Å². The first-order valence-electron chi connectivity index (χ1n) is 9.65. The van der Waals surface area contributed by atoms with Gasteiger partial charge >= 0.3 is 0 Å². The van der Waals surface area contributed by atoms with Crippen molar-refractivity contribution in [3.05, 3.63) is 38.0 Å². The third kappa shape index (κ3) is 3.83. The van der Waals surface area contributed by atoms with Crippen LogP contribution in [-0.4, -0.2) is 64.4 Å². The summed E-state index contributed by atoms with van der Waals surface area (Å²) in [5.41, 5.74) is 0.696. The number of thiophene rings is 1. The number of carbonyl (C=O) groups is 1. The molecule has 0 bridgehead atoms. The fourth-order valence-electron chi connectivity index (χ4n) is 4.34. The summed E-state index contributed by atoms with van der Waals surface area (Å²) in [6, 6.07) is 4.43. The quantitative estimate of drug-likeness (QED) is 0.785.